The van der Waals surface area contributed by atoms with Crippen molar-refractivity contribution in [2.45, 2.75) is 25.9 Å². The van der Waals surface area contributed by atoms with Gasteiger partial charge < -0.3 is 9.47 Å². The maximum absolute atomic E-state index is 12.3. The Bertz CT molecular complexity index is 437. The van der Waals surface area contributed by atoms with Crippen molar-refractivity contribution in [3.63, 3.8) is 0 Å². The van der Waals surface area contributed by atoms with E-state index in [4.69, 9.17) is 9.47 Å². The Labute approximate surface area is 109 Å². The summed E-state index contributed by atoms with van der Waals surface area (Å²) in [4.78, 5) is 12.3. The molecule has 1 heterocycles. The van der Waals surface area contributed by atoms with E-state index in [0.29, 0.717) is 17.9 Å². The predicted octanol–water partition coefficient (Wildman–Crippen LogP) is 3.13. The fourth-order valence-electron chi connectivity index (χ4n) is 1.97. The largest absolute Gasteiger partial charge is 0.496 e. The molecule has 1 aromatic carbocycles. The molecular formula is C13H15BrO3. The molecule has 4 heteroatoms. The van der Waals surface area contributed by atoms with Crippen molar-refractivity contribution in [1.82, 2.24) is 0 Å². The molecule has 1 atom stereocenters. The second-order valence-corrected chi connectivity index (χ2v) is 5.02. The van der Waals surface area contributed by atoms with Crippen molar-refractivity contribution in [2.24, 2.45) is 0 Å². The predicted molar refractivity (Wildman–Crippen MR) is 68.7 cm³/mol. The molecule has 0 aromatic heterocycles. The van der Waals surface area contributed by atoms with Crippen molar-refractivity contribution < 1.29 is 14.3 Å². The van der Waals surface area contributed by atoms with Crippen LogP contribution in [0.1, 0.15) is 28.8 Å². The smallest absolute Gasteiger partial charge is 0.195 e. The zero-order valence-electron chi connectivity index (χ0n) is 9.96. The van der Waals surface area contributed by atoms with Gasteiger partial charge in [0.1, 0.15) is 11.9 Å². The third-order valence-electron chi connectivity index (χ3n) is 2.97. The molecule has 3 nitrogen and oxygen atoms in total. The van der Waals surface area contributed by atoms with Gasteiger partial charge in [-0.25, -0.2) is 0 Å². The number of carbonyl (C=O) groups excluding carboxylic acids is 1. The number of ketones is 1. The number of ether oxygens (including phenoxy) is 2. The summed E-state index contributed by atoms with van der Waals surface area (Å²) >= 11 is 3.44. The first-order chi connectivity index (χ1) is 8.13. The summed E-state index contributed by atoms with van der Waals surface area (Å²) in [5, 5.41) is 0. The molecule has 1 aliphatic heterocycles. The average molecular weight is 299 g/mol. The lowest BCUT2D eigenvalue weighted by molar-refractivity contribution is 0.0640. The lowest BCUT2D eigenvalue weighted by atomic mass is 10.0. The summed E-state index contributed by atoms with van der Waals surface area (Å²) in [6, 6.07) is 3.68. The van der Waals surface area contributed by atoms with Gasteiger partial charge in [0, 0.05) is 11.1 Å². The van der Waals surface area contributed by atoms with Gasteiger partial charge in [-0.15, -0.1) is 0 Å². The van der Waals surface area contributed by atoms with E-state index >= 15 is 0 Å². The Morgan fingerprint density at radius 2 is 2.29 bits per heavy atom. The van der Waals surface area contributed by atoms with Crippen LogP contribution in [-0.2, 0) is 4.74 Å². The normalized spacial score (nSPS) is 19.4. The van der Waals surface area contributed by atoms with E-state index in [9.17, 15) is 4.79 Å². The number of hydrogen-bond donors (Lipinski definition) is 0. The number of methoxy groups -OCH3 is 1. The van der Waals surface area contributed by atoms with Crippen molar-refractivity contribution >= 4 is 21.7 Å². The highest BCUT2D eigenvalue weighted by molar-refractivity contribution is 9.10. The average Bonchev–Trinajstić information content (AvgIpc) is 2.84. The molecule has 1 aromatic rings. The van der Waals surface area contributed by atoms with E-state index in [1.807, 2.05) is 19.1 Å². The minimum atomic E-state index is -0.307. The Kier molecular flexibility index (Phi) is 3.84. The zero-order valence-corrected chi connectivity index (χ0v) is 11.5. The highest BCUT2D eigenvalue weighted by Crippen LogP contribution is 2.29. The molecule has 0 amide bonds. The molecule has 17 heavy (non-hydrogen) atoms. The topological polar surface area (TPSA) is 35.5 Å². The van der Waals surface area contributed by atoms with Crippen LogP contribution in [0.15, 0.2) is 16.6 Å². The Hall–Kier alpha value is -0.870. The summed E-state index contributed by atoms with van der Waals surface area (Å²) in [5.74, 6) is 0.631. The van der Waals surface area contributed by atoms with E-state index < -0.39 is 0 Å². The van der Waals surface area contributed by atoms with Gasteiger partial charge in [0.25, 0.3) is 0 Å². The maximum atomic E-state index is 12.3. The van der Waals surface area contributed by atoms with Crippen LogP contribution in [-0.4, -0.2) is 25.6 Å². The van der Waals surface area contributed by atoms with Crippen molar-refractivity contribution in [3.8, 4) is 5.75 Å². The number of Topliss-reactive ketones (excluding diaryl/α,β-unsaturated/α-hetero) is 1. The van der Waals surface area contributed by atoms with Crippen molar-refractivity contribution in [2.75, 3.05) is 13.7 Å². The summed E-state index contributed by atoms with van der Waals surface area (Å²) in [6.07, 6.45) is 1.44. The lowest BCUT2D eigenvalue weighted by Crippen LogP contribution is -2.20. The summed E-state index contributed by atoms with van der Waals surface area (Å²) in [5.41, 5.74) is 1.64. The fraction of sp³-hybridized carbons (Fsp3) is 0.462. The van der Waals surface area contributed by atoms with Crippen molar-refractivity contribution in [1.29, 1.82) is 0 Å². The number of halogens is 1. The highest BCUT2D eigenvalue weighted by Gasteiger charge is 2.27. The van der Waals surface area contributed by atoms with Gasteiger partial charge in [-0.05, 0) is 37.5 Å². The standard InChI is InChI=1S/C13H15BrO3/c1-8-6-12(16-2)9(7-10(8)14)13(15)11-4-3-5-17-11/h6-7,11H,3-5H2,1-2H3. The summed E-state index contributed by atoms with van der Waals surface area (Å²) < 4.78 is 11.6. The van der Waals surface area contributed by atoms with Gasteiger partial charge >= 0.3 is 0 Å². The number of carbonyl (C=O) groups is 1. The van der Waals surface area contributed by atoms with E-state index in [0.717, 1.165) is 22.9 Å². The Morgan fingerprint density at radius 1 is 1.53 bits per heavy atom. The van der Waals surface area contributed by atoms with Crippen LogP contribution in [0.5, 0.6) is 5.75 Å². The van der Waals surface area contributed by atoms with Crippen molar-refractivity contribution in [3.05, 3.63) is 27.7 Å². The monoisotopic (exact) mass is 298 g/mol. The molecule has 2 rings (SSSR count). The molecule has 0 radical (unpaired) electrons. The molecule has 1 fully saturated rings. The molecule has 92 valence electrons. The van der Waals surface area contributed by atoms with Crippen LogP contribution >= 0.6 is 15.9 Å². The lowest BCUT2D eigenvalue weighted by Gasteiger charge is -2.13. The van der Waals surface area contributed by atoms with E-state index in [2.05, 4.69) is 15.9 Å². The first-order valence-electron chi connectivity index (χ1n) is 5.63. The molecule has 0 saturated carbocycles. The third kappa shape index (κ3) is 2.53. The molecule has 1 aliphatic rings. The van der Waals surface area contributed by atoms with Crippen LogP contribution in [0, 0.1) is 6.92 Å². The summed E-state index contributed by atoms with van der Waals surface area (Å²) in [6.45, 7) is 2.64. The number of hydrogen-bond acceptors (Lipinski definition) is 3. The van der Waals surface area contributed by atoms with E-state index in [1.54, 1.807) is 7.11 Å². The SMILES string of the molecule is COc1cc(C)c(Br)cc1C(=O)C1CCCO1. The Balaban J connectivity index is 2.36. The van der Waals surface area contributed by atoms with Gasteiger partial charge in [0.05, 0.1) is 12.7 Å². The first kappa shape index (κ1) is 12.6. The molecule has 1 saturated heterocycles. The third-order valence-corrected chi connectivity index (χ3v) is 3.82. The molecule has 0 bridgehead atoms. The van der Waals surface area contributed by atoms with E-state index in [1.165, 1.54) is 0 Å². The van der Waals surface area contributed by atoms with Gasteiger partial charge in [-0.1, -0.05) is 15.9 Å². The first-order valence-corrected chi connectivity index (χ1v) is 6.42. The molecule has 0 spiro atoms. The minimum Gasteiger partial charge on any atom is -0.496 e. The van der Waals surface area contributed by atoms with Crippen LogP contribution in [0.2, 0.25) is 0 Å². The van der Waals surface area contributed by atoms with E-state index in [-0.39, 0.29) is 11.9 Å². The van der Waals surface area contributed by atoms with Crippen LogP contribution in [0.3, 0.4) is 0 Å². The molecule has 0 N–H and O–H groups in total. The Morgan fingerprint density at radius 3 is 2.88 bits per heavy atom. The number of aryl methyl sites for hydroxylation is 1. The second kappa shape index (κ2) is 5.19. The zero-order chi connectivity index (χ0) is 12.4. The second-order valence-electron chi connectivity index (χ2n) is 4.17. The molecule has 0 aliphatic carbocycles. The number of rotatable bonds is 3. The van der Waals surface area contributed by atoms with Crippen LogP contribution in [0.25, 0.3) is 0 Å². The summed E-state index contributed by atoms with van der Waals surface area (Å²) in [7, 11) is 1.58. The fourth-order valence-corrected chi connectivity index (χ4v) is 2.32. The van der Waals surface area contributed by atoms with Gasteiger partial charge in [0.2, 0.25) is 0 Å². The molecule has 1 unspecified atom stereocenters. The minimum absolute atomic E-state index is 0.0139. The van der Waals surface area contributed by atoms with Gasteiger partial charge in [-0.3, -0.25) is 4.79 Å². The quantitative estimate of drug-likeness (QED) is 0.804. The molecular weight excluding hydrogens is 284 g/mol. The van der Waals surface area contributed by atoms with Gasteiger partial charge in [0.15, 0.2) is 5.78 Å². The van der Waals surface area contributed by atoms with Crippen LogP contribution in [0.4, 0.5) is 0 Å². The maximum Gasteiger partial charge on any atom is 0.195 e. The number of benzene rings is 1. The van der Waals surface area contributed by atoms with Crippen LogP contribution < -0.4 is 4.74 Å². The van der Waals surface area contributed by atoms with Gasteiger partial charge in [-0.2, -0.15) is 0 Å². The highest BCUT2D eigenvalue weighted by atomic mass is 79.9.